The second-order valence-corrected chi connectivity index (χ2v) is 2.76. The molecule has 60 valence electrons. The lowest BCUT2D eigenvalue weighted by molar-refractivity contribution is 0.296. The Morgan fingerprint density at radius 2 is 2.25 bits per heavy atom. The number of rotatable bonds is 1. The van der Waals surface area contributed by atoms with E-state index in [1.165, 1.54) is 0 Å². The smallest absolute Gasteiger partial charge is 0.117 e. The zero-order valence-corrected chi connectivity index (χ0v) is 6.59. The van der Waals surface area contributed by atoms with Crippen LogP contribution in [0.4, 0.5) is 0 Å². The van der Waals surface area contributed by atoms with Gasteiger partial charge in [0, 0.05) is 0 Å². The standard InChI is InChI=1S/C9H9N3/c1-2-7-12-9-6-4-3-5-8(9)10-11-12/h1,3-6,8-9H,7H2. The van der Waals surface area contributed by atoms with E-state index in [2.05, 4.69) is 22.3 Å². The van der Waals surface area contributed by atoms with Gasteiger partial charge in [0.25, 0.3) is 0 Å². The SMILES string of the molecule is C#CCN1N=NC2C=CC=CC21. The maximum atomic E-state index is 5.19. The summed E-state index contributed by atoms with van der Waals surface area (Å²) in [6.07, 6.45) is 13.3. The third-order valence-corrected chi connectivity index (χ3v) is 1.97. The van der Waals surface area contributed by atoms with Gasteiger partial charge in [-0.15, -0.1) is 6.42 Å². The van der Waals surface area contributed by atoms with Crippen LogP contribution in [0.2, 0.25) is 0 Å². The van der Waals surface area contributed by atoms with Crippen molar-refractivity contribution >= 4 is 0 Å². The van der Waals surface area contributed by atoms with Gasteiger partial charge in [0.05, 0.1) is 12.6 Å². The highest BCUT2D eigenvalue weighted by Crippen LogP contribution is 2.21. The Hall–Kier alpha value is -1.56. The molecular weight excluding hydrogens is 150 g/mol. The van der Waals surface area contributed by atoms with Gasteiger partial charge in [0.15, 0.2) is 0 Å². The molecule has 0 saturated carbocycles. The van der Waals surface area contributed by atoms with Crippen LogP contribution in [0.1, 0.15) is 0 Å². The largest absolute Gasteiger partial charge is 0.257 e. The number of terminal acetylenes is 1. The molecule has 0 aromatic rings. The van der Waals surface area contributed by atoms with Gasteiger partial charge in [0.2, 0.25) is 0 Å². The van der Waals surface area contributed by atoms with Crippen molar-refractivity contribution < 1.29 is 0 Å². The van der Waals surface area contributed by atoms with Crippen LogP contribution >= 0.6 is 0 Å². The Balaban J connectivity index is 2.14. The van der Waals surface area contributed by atoms with E-state index in [-0.39, 0.29) is 12.1 Å². The van der Waals surface area contributed by atoms with Crippen molar-refractivity contribution in [1.82, 2.24) is 5.01 Å². The van der Waals surface area contributed by atoms with Gasteiger partial charge < -0.3 is 0 Å². The van der Waals surface area contributed by atoms with E-state index < -0.39 is 0 Å². The lowest BCUT2D eigenvalue weighted by atomic mass is 10.0. The van der Waals surface area contributed by atoms with Crippen LogP contribution in [0, 0.1) is 12.3 Å². The molecule has 0 fully saturated rings. The average molecular weight is 159 g/mol. The predicted molar refractivity (Wildman–Crippen MR) is 46.3 cm³/mol. The van der Waals surface area contributed by atoms with E-state index in [4.69, 9.17) is 6.42 Å². The number of fused-ring (bicyclic) bond motifs is 1. The molecule has 1 heterocycles. The second-order valence-electron chi connectivity index (χ2n) is 2.76. The van der Waals surface area contributed by atoms with E-state index in [1.54, 1.807) is 0 Å². The van der Waals surface area contributed by atoms with Gasteiger partial charge in [0.1, 0.15) is 6.04 Å². The van der Waals surface area contributed by atoms with Crippen LogP contribution in [-0.2, 0) is 0 Å². The van der Waals surface area contributed by atoms with E-state index in [1.807, 2.05) is 23.2 Å². The average Bonchev–Trinajstić information content (AvgIpc) is 2.50. The number of hydrogen-bond acceptors (Lipinski definition) is 3. The molecule has 1 aliphatic carbocycles. The van der Waals surface area contributed by atoms with Crippen molar-refractivity contribution in [1.29, 1.82) is 0 Å². The van der Waals surface area contributed by atoms with Gasteiger partial charge in [-0.05, 0) is 0 Å². The van der Waals surface area contributed by atoms with Crippen molar-refractivity contribution in [2.75, 3.05) is 6.54 Å². The monoisotopic (exact) mass is 159 g/mol. The summed E-state index contributed by atoms with van der Waals surface area (Å²) in [7, 11) is 0. The Kier molecular flexibility index (Phi) is 1.67. The molecule has 0 aromatic carbocycles. The number of nitrogens with zero attached hydrogens (tertiary/aromatic N) is 3. The molecule has 2 atom stereocenters. The zero-order valence-electron chi connectivity index (χ0n) is 6.59. The van der Waals surface area contributed by atoms with Gasteiger partial charge in [-0.25, -0.2) is 0 Å². The summed E-state index contributed by atoms with van der Waals surface area (Å²) in [4.78, 5) is 0. The molecule has 2 unspecified atom stereocenters. The van der Waals surface area contributed by atoms with Crippen LogP contribution in [0.3, 0.4) is 0 Å². The van der Waals surface area contributed by atoms with Gasteiger partial charge in [-0.2, -0.15) is 5.11 Å². The summed E-state index contributed by atoms with van der Waals surface area (Å²) >= 11 is 0. The highest BCUT2D eigenvalue weighted by Gasteiger charge is 2.28. The molecule has 2 rings (SSSR count). The molecule has 3 heteroatoms. The first-order valence-corrected chi connectivity index (χ1v) is 3.87. The normalized spacial score (nSPS) is 30.4. The molecule has 0 amide bonds. The highest BCUT2D eigenvalue weighted by molar-refractivity contribution is 5.21. The molecule has 1 aliphatic heterocycles. The van der Waals surface area contributed by atoms with Crippen LogP contribution in [-0.4, -0.2) is 23.6 Å². The van der Waals surface area contributed by atoms with Crippen LogP contribution < -0.4 is 0 Å². The number of hydrogen-bond donors (Lipinski definition) is 0. The minimum atomic E-state index is 0.170. The fraction of sp³-hybridized carbons (Fsp3) is 0.333. The van der Waals surface area contributed by atoms with Gasteiger partial charge in [-0.3, -0.25) is 5.01 Å². The van der Waals surface area contributed by atoms with E-state index >= 15 is 0 Å². The minimum Gasteiger partial charge on any atom is -0.257 e. The Labute approximate surface area is 71.4 Å². The lowest BCUT2D eigenvalue weighted by Gasteiger charge is -2.20. The first kappa shape index (κ1) is 7.11. The van der Waals surface area contributed by atoms with E-state index in [0.29, 0.717) is 6.54 Å². The molecule has 2 aliphatic rings. The molecule has 0 aromatic heterocycles. The highest BCUT2D eigenvalue weighted by atomic mass is 15.6. The Bertz CT molecular complexity index is 295. The fourth-order valence-electron chi connectivity index (χ4n) is 1.38. The van der Waals surface area contributed by atoms with Crippen LogP contribution in [0.5, 0.6) is 0 Å². The van der Waals surface area contributed by atoms with Crippen molar-refractivity contribution in [2.24, 2.45) is 10.3 Å². The fourth-order valence-corrected chi connectivity index (χ4v) is 1.38. The maximum Gasteiger partial charge on any atom is 0.117 e. The predicted octanol–water partition coefficient (Wildman–Crippen LogP) is 1.17. The molecule has 0 N–H and O–H groups in total. The molecular formula is C9H9N3. The summed E-state index contributed by atoms with van der Waals surface area (Å²) in [5.41, 5.74) is 0. The third-order valence-electron chi connectivity index (χ3n) is 1.97. The van der Waals surface area contributed by atoms with Crippen molar-refractivity contribution in [3.05, 3.63) is 24.3 Å². The summed E-state index contributed by atoms with van der Waals surface area (Å²) < 4.78 is 0. The van der Waals surface area contributed by atoms with Crippen molar-refractivity contribution in [3.8, 4) is 12.3 Å². The third kappa shape index (κ3) is 1.02. The van der Waals surface area contributed by atoms with Crippen LogP contribution in [0.15, 0.2) is 34.6 Å². The maximum absolute atomic E-state index is 5.19. The Morgan fingerprint density at radius 3 is 3.08 bits per heavy atom. The first-order valence-electron chi connectivity index (χ1n) is 3.87. The minimum absolute atomic E-state index is 0.170. The number of allylic oxidation sites excluding steroid dienone is 2. The quantitative estimate of drug-likeness (QED) is 0.528. The Morgan fingerprint density at radius 1 is 1.42 bits per heavy atom. The summed E-state index contributed by atoms with van der Waals surface area (Å²) in [6.45, 7) is 0.531. The molecule has 0 spiro atoms. The molecule has 0 bridgehead atoms. The van der Waals surface area contributed by atoms with Crippen LogP contribution in [0.25, 0.3) is 0 Å². The van der Waals surface area contributed by atoms with E-state index in [0.717, 1.165) is 0 Å². The topological polar surface area (TPSA) is 28.0 Å². The summed E-state index contributed by atoms with van der Waals surface area (Å²) in [6, 6.07) is 0.411. The molecule has 12 heavy (non-hydrogen) atoms. The van der Waals surface area contributed by atoms with Gasteiger partial charge in [-0.1, -0.05) is 35.4 Å². The van der Waals surface area contributed by atoms with E-state index in [9.17, 15) is 0 Å². The summed E-state index contributed by atoms with van der Waals surface area (Å²) in [5.74, 6) is 2.56. The van der Waals surface area contributed by atoms with Crippen molar-refractivity contribution in [3.63, 3.8) is 0 Å². The van der Waals surface area contributed by atoms with Gasteiger partial charge >= 0.3 is 0 Å². The van der Waals surface area contributed by atoms with Crippen molar-refractivity contribution in [2.45, 2.75) is 12.1 Å². The first-order chi connectivity index (χ1) is 5.92. The summed E-state index contributed by atoms with van der Waals surface area (Å²) in [5, 5.41) is 9.88. The molecule has 0 radical (unpaired) electrons. The molecule has 3 nitrogen and oxygen atoms in total. The second kappa shape index (κ2) is 2.82. The zero-order chi connectivity index (χ0) is 8.39. The lowest BCUT2D eigenvalue weighted by Crippen LogP contribution is -2.33. The molecule has 0 saturated heterocycles.